The van der Waals surface area contributed by atoms with E-state index in [1.165, 1.54) is 0 Å². The topological polar surface area (TPSA) is 46.5 Å². The zero-order chi connectivity index (χ0) is 7.28. The summed E-state index contributed by atoms with van der Waals surface area (Å²) in [6, 6.07) is 0. The van der Waals surface area contributed by atoms with Crippen LogP contribution in [0, 0.1) is 0 Å². The lowest BCUT2D eigenvalue weighted by Gasteiger charge is -1.97. The highest BCUT2D eigenvalue weighted by Crippen LogP contribution is 1.85. The van der Waals surface area contributed by atoms with Crippen LogP contribution in [0.5, 0.6) is 0 Å². The number of carboxylic acid groups (broad SMARTS) is 1. The average molecular weight is 162 g/mol. The third-order valence-electron chi connectivity index (χ3n) is 0.783. The van der Waals surface area contributed by atoms with Gasteiger partial charge in [-0.2, -0.15) is 0 Å². The number of aliphatic carboxylic acids is 1. The van der Waals surface area contributed by atoms with E-state index in [4.69, 9.17) is 9.22 Å². The van der Waals surface area contributed by atoms with E-state index >= 15 is 0 Å². The van der Waals surface area contributed by atoms with Gasteiger partial charge in [0.1, 0.15) is 9.76 Å². The van der Waals surface area contributed by atoms with Crippen LogP contribution in [-0.2, 0) is 8.91 Å². The summed E-state index contributed by atoms with van der Waals surface area (Å²) in [4.78, 5) is 10.1. The fourth-order valence-electron chi connectivity index (χ4n) is 0.287. The Labute approximate surface area is 58.6 Å². The molecule has 0 fully saturated rings. The normalized spacial score (nSPS) is 11.7. The van der Waals surface area contributed by atoms with Crippen molar-refractivity contribution in [2.45, 2.75) is 6.55 Å². The van der Waals surface area contributed by atoms with Crippen molar-refractivity contribution in [1.29, 1.82) is 0 Å². The molecule has 0 aliphatic rings. The quantitative estimate of drug-likeness (QED) is 0.418. The molecule has 0 bridgehead atoms. The van der Waals surface area contributed by atoms with Crippen molar-refractivity contribution in [3.63, 3.8) is 0 Å². The van der Waals surface area contributed by atoms with Crippen LogP contribution in [0.4, 0.5) is 0 Å². The van der Waals surface area contributed by atoms with Crippen LogP contribution < -0.4 is 0 Å². The van der Waals surface area contributed by atoms with Gasteiger partial charge in [0.05, 0.1) is 0 Å². The summed E-state index contributed by atoms with van der Waals surface area (Å²) < 4.78 is 5.05. The van der Waals surface area contributed by atoms with E-state index in [1.807, 2.05) is 6.55 Å². The second-order valence-corrected chi connectivity index (χ2v) is 4.90. The third-order valence-corrected chi connectivity index (χ3v) is 3.88. The van der Waals surface area contributed by atoms with Gasteiger partial charge in [0.25, 0.3) is 0 Å². The smallest absolute Gasteiger partial charge is 0.328 e. The average Bonchev–Trinajstić information content (AvgIpc) is 1.82. The molecule has 0 aromatic carbocycles. The molecule has 0 aliphatic carbocycles. The molecule has 0 heterocycles. The summed E-state index contributed by atoms with van der Waals surface area (Å²) in [5.41, 5.74) is 0. The predicted molar refractivity (Wildman–Crippen MR) is 40.8 cm³/mol. The molecule has 3 nitrogen and oxygen atoms in total. The van der Waals surface area contributed by atoms with Gasteiger partial charge < -0.3 is 9.22 Å². The second-order valence-electron chi connectivity index (χ2n) is 1.55. The number of hydrogen-bond acceptors (Lipinski definition) is 2. The Morgan fingerprint density at radius 1 is 1.78 bits per heavy atom. The lowest BCUT2D eigenvalue weighted by molar-refractivity contribution is -0.131. The molecule has 0 aliphatic heterocycles. The molecule has 52 valence electrons. The Hall–Kier alpha value is -0.396. The summed E-state index contributed by atoms with van der Waals surface area (Å²) in [5, 5.41) is 8.55. The Morgan fingerprint density at radius 3 is 2.67 bits per heavy atom. The van der Waals surface area contributed by atoms with Gasteiger partial charge in [0.2, 0.25) is 0 Å². The third kappa shape index (κ3) is 4.13. The molecule has 5 heteroatoms. The van der Waals surface area contributed by atoms with E-state index in [0.717, 1.165) is 0 Å². The molecule has 0 spiro atoms. The molecule has 0 aromatic rings. The van der Waals surface area contributed by atoms with Crippen LogP contribution in [-0.4, -0.2) is 30.6 Å². The van der Waals surface area contributed by atoms with Crippen LogP contribution in [0.2, 0.25) is 6.55 Å². The van der Waals surface area contributed by atoms with Crippen molar-refractivity contribution < 1.29 is 14.0 Å². The first-order chi connectivity index (χ1) is 4.18. The van der Waals surface area contributed by atoms with E-state index in [0.29, 0.717) is 0 Å². The van der Waals surface area contributed by atoms with Crippen LogP contribution >= 0.6 is 0 Å². The van der Waals surface area contributed by atoms with Gasteiger partial charge in [-0.05, 0) is 0 Å². The van der Waals surface area contributed by atoms with Crippen molar-refractivity contribution in [2.75, 3.05) is 0 Å². The van der Waals surface area contributed by atoms with Gasteiger partial charge in [-0.1, -0.05) is 13.1 Å². The number of carboxylic acids is 1. The number of carbonyl (C=O) groups is 1. The molecule has 0 rings (SSSR count). The lowest BCUT2D eigenvalue weighted by atomic mass is 10.7. The lowest BCUT2D eigenvalue weighted by Crippen LogP contribution is -2.11. The van der Waals surface area contributed by atoms with Crippen molar-refractivity contribution in [3.8, 4) is 0 Å². The Morgan fingerprint density at radius 2 is 2.33 bits per heavy atom. The van der Waals surface area contributed by atoms with E-state index in [-0.39, 0.29) is 5.20 Å². The second kappa shape index (κ2) is 4.48. The van der Waals surface area contributed by atoms with Crippen molar-refractivity contribution in [2.24, 2.45) is 0 Å². The van der Waals surface area contributed by atoms with Crippen LogP contribution in [0.3, 0.4) is 0 Å². The van der Waals surface area contributed by atoms with Gasteiger partial charge in [-0.15, -0.1) is 0 Å². The SMILES string of the molecule is C=C([SiH2]O[SiH2]C)C(=O)O. The summed E-state index contributed by atoms with van der Waals surface area (Å²) in [6.45, 7) is 5.33. The summed E-state index contributed by atoms with van der Waals surface area (Å²) in [7, 11) is -1.37. The highest BCUT2D eigenvalue weighted by Gasteiger charge is 2.02. The Kier molecular flexibility index (Phi) is 4.28. The standard InChI is InChI=1S/C4H10O3Si2/c1-3(4(5)6)9-7-8-2/h1,8-9H2,2H3,(H,5,6). The van der Waals surface area contributed by atoms with E-state index in [2.05, 4.69) is 6.58 Å². The van der Waals surface area contributed by atoms with E-state index < -0.39 is 25.5 Å². The van der Waals surface area contributed by atoms with Crippen LogP contribution in [0.1, 0.15) is 0 Å². The minimum absolute atomic E-state index is 0.268. The molecule has 0 unspecified atom stereocenters. The number of hydrogen-bond donors (Lipinski definition) is 1. The summed E-state index contributed by atoms with van der Waals surface area (Å²) >= 11 is 0. The molecule has 9 heavy (non-hydrogen) atoms. The molecule has 0 amide bonds. The van der Waals surface area contributed by atoms with Crippen molar-refractivity contribution >= 4 is 25.5 Å². The molecule has 0 aromatic heterocycles. The fraction of sp³-hybridized carbons (Fsp3) is 0.250. The first-order valence-electron chi connectivity index (χ1n) is 2.67. The van der Waals surface area contributed by atoms with E-state index in [1.54, 1.807) is 0 Å². The van der Waals surface area contributed by atoms with Gasteiger partial charge in [0.15, 0.2) is 9.76 Å². The maximum absolute atomic E-state index is 10.1. The molecular formula is C4H10O3Si2. The Bertz CT molecular complexity index is 123. The monoisotopic (exact) mass is 162 g/mol. The van der Waals surface area contributed by atoms with Crippen LogP contribution in [0.15, 0.2) is 11.8 Å². The fourth-order valence-corrected chi connectivity index (χ4v) is 2.21. The highest BCUT2D eigenvalue weighted by atomic mass is 28.3. The minimum Gasteiger partial charge on any atom is -0.478 e. The van der Waals surface area contributed by atoms with Gasteiger partial charge in [0, 0.05) is 5.20 Å². The predicted octanol–water partition coefficient (Wildman–Crippen LogP) is -1.18. The molecular weight excluding hydrogens is 152 g/mol. The van der Waals surface area contributed by atoms with Crippen LogP contribution in [0.25, 0.3) is 0 Å². The maximum atomic E-state index is 10.1. The van der Waals surface area contributed by atoms with Crippen molar-refractivity contribution in [3.05, 3.63) is 11.8 Å². The van der Waals surface area contributed by atoms with E-state index in [9.17, 15) is 4.79 Å². The molecule has 0 saturated carbocycles. The molecule has 0 atom stereocenters. The number of rotatable bonds is 4. The maximum Gasteiger partial charge on any atom is 0.328 e. The molecule has 0 radical (unpaired) electrons. The van der Waals surface area contributed by atoms with Crippen molar-refractivity contribution in [1.82, 2.24) is 0 Å². The molecule has 0 saturated heterocycles. The van der Waals surface area contributed by atoms with Gasteiger partial charge >= 0.3 is 5.97 Å². The zero-order valence-corrected chi connectivity index (χ0v) is 8.21. The van der Waals surface area contributed by atoms with Gasteiger partial charge in [-0.3, -0.25) is 0 Å². The van der Waals surface area contributed by atoms with Gasteiger partial charge in [-0.25, -0.2) is 4.79 Å². The molecule has 1 N–H and O–H groups in total. The Balaban J connectivity index is 3.39. The minimum atomic E-state index is -0.944. The largest absolute Gasteiger partial charge is 0.478 e. The zero-order valence-electron chi connectivity index (χ0n) is 5.39. The summed E-state index contributed by atoms with van der Waals surface area (Å²) in [5.74, 6) is -0.913. The first-order valence-corrected chi connectivity index (χ1v) is 5.95. The highest BCUT2D eigenvalue weighted by molar-refractivity contribution is 6.53. The first kappa shape index (κ1) is 8.60. The summed E-state index contributed by atoms with van der Waals surface area (Å²) in [6.07, 6.45) is 0.